The van der Waals surface area contributed by atoms with E-state index in [2.05, 4.69) is 10.6 Å². The summed E-state index contributed by atoms with van der Waals surface area (Å²) < 4.78 is 1.78. The highest BCUT2D eigenvalue weighted by atomic mass is 16.6. The highest BCUT2D eigenvalue weighted by Crippen LogP contribution is 2.17. The van der Waals surface area contributed by atoms with E-state index in [0.717, 1.165) is 43.6 Å². The number of carbonyl (C=O) groups excluding carboxylic acids is 1. The lowest BCUT2D eigenvalue weighted by Gasteiger charge is -2.16. The molecule has 0 bridgehead atoms. The fourth-order valence-corrected chi connectivity index (χ4v) is 3.92. The lowest BCUT2D eigenvalue weighted by Crippen LogP contribution is -2.29. The molecule has 1 aliphatic heterocycles. The minimum atomic E-state index is -0.449. The van der Waals surface area contributed by atoms with Gasteiger partial charge in [0.25, 0.3) is 17.2 Å². The van der Waals surface area contributed by atoms with E-state index in [1.54, 1.807) is 34.9 Å². The van der Waals surface area contributed by atoms with E-state index in [1.807, 2.05) is 0 Å². The molecule has 32 heavy (non-hydrogen) atoms. The van der Waals surface area contributed by atoms with Crippen molar-refractivity contribution in [1.29, 1.82) is 0 Å². The van der Waals surface area contributed by atoms with Crippen LogP contribution < -0.4 is 16.2 Å². The number of nitrogens with zero attached hydrogens (tertiary/aromatic N) is 3. The highest BCUT2D eigenvalue weighted by molar-refractivity contribution is 5.97. The van der Waals surface area contributed by atoms with E-state index in [4.69, 9.17) is 4.98 Å². The number of nitro benzene ring substituents is 1. The number of aryl methyl sites for hydroxylation is 1. The van der Waals surface area contributed by atoms with Crippen molar-refractivity contribution >= 4 is 28.2 Å². The number of anilines is 1. The van der Waals surface area contributed by atoms with Crippen LogP contribution >= 0.6 is 0 Å². The fraction of sp³-hybridized carbons (Fsp3) is 0.348. The average molecular weight is 435 g/mol. The van der Waals surface area contributed by atoms with Crippen molar-refractivity contribution in [2.45, 2.75) is 38.6 Å². The normalized spacial score (nSPS) is 13.6. The second-order valence-electron chi connectivity index (χ2n) is 7.87. The van der Waals surface area contributed by atoms with Crippen molar-refractivity contribution in [2.24, 2.45) is 0 Å². The van der Waals surface area contributed by atoms with E-state index in [-0.39, 0.29) is 17.2 Å². The molecule has 0 fully saturated rings. The summed E-state index contributed by atoms with van der Waals surface area (Å²) in [6.07, 6.45) is 5.04. The summed E-state index contributed by atoms with van der Waals surface area (Å²) >= 11 is 0. The maximum atomic E-state index is 12.9. The molecule has 166 valence electrons. The lowest BCUT2D eigenvalue weighted by atomic mass is 10.1. The molecule has 0 spiro atoms. The molecule has 9 heteroatoms. The van der Waals surface area contributed by atoms with Gasteiger partial charge in [0.2, 0.25) is 0 Å². The first kappa shape index (κ1) is 21.5. The van der Waals surface area contributed by atoms with Gasteiger partial charge in [0, 0.05) is 49.4 Å². The zero-order valence-corrected chi connectivity index (χ0v) is 17.7. The number of fused-ring (bicyclic) bond motifs is 2. The number of hydrogen-bond acceptors (Lipinski definition) is 6. The second-order valence-corrected chi connectivity index (χ2v) is 7.87. The van der Waals surface area contributed by atoms with Crippen LogP contribution in [0.4, 0.5) is 11.4 Å². The van der Waals surface area contributed by atoms with Gasteiger partial charge in [-0.05, 0) is 43.2 Å². The summed E-state index contributed by atoms with van der Waals surface area (Å²) in [6, 6.07) is 11.1. The Bertz CT molecular complexity index is 1200. The zero-order valence-electron chi connectivity index (χ0n) is 17.7. The largest absolute Gasteiger partial charge is 0.383 e. The molecule has 2 heterocycles. The Morgan fingerprint density at radius 1 is 1.06 bits per heavy atom. The van der Waals surface area contributed by atoms with Gasteiger partial charge < -0.3 is 10.6 Å². The molecule has 9 nitrogen and oxygen atoms in total. The van der Waals surface area contributed by atoms with Crippen LogP contribution in [0.3, 0.4) is 0 Å². The number of aromatic nitrogens is 2. The number of nitrogens with one attached hydrogen (secondary N) is 2. The number of nitro groups is 1. The molecule has 4 rings (SSSR count). The summed E-state index contributed by atoms with van der Waals surface area (Å²) in [5.74, 6) is 0.554. The van der Waals surface area contributed by atoms with Crippen LogP contribution in [-0.2, 0) is 13.0 Å². The first-order chi connectivity index (χ1) is 15.5. The van der Waals surface area contributed by atoms with Gasteiger partial charge in [-0.15, -0.1) is 0 Å². The van der Waals surface area contributed by atoms with Gasteiger partial charge in [-0.3, -0.25) is 24.3 Å². The summed E-state index contributed by atoms with van der Waals surface area (Å²) in [5.41, 5.74) is 1.73. The highest BCUT2D eigenvalue weighted by Gasteiger charge is 2.15. The quantitative estimate of drug-likeness (QED) is 0.348. The molecule has 0 saturated heterocycles. The van der Waals surface area contributed by atoms with E-state index in [1.165, 1.54) is 12.1 Å². The molecule has 0 aliphatic carbocycles. The van der Waals surface area contributed by atoms with Crippen LogP contribution in [-0.4, -0.2) is 33.5 Å². The molecule has 3 aromatic rings. The predicted molar refractivity (Wildman–Crippen MR) is 122 cm³/mol. The van der Waals surface area contributed by atoms with Crippen LogP contribution in [0.25, 0.3) is 10.9 Å². The molecule has 2 aromatic carbocycles. The van der Waals surface area contributed by atoms with Crippen molar-refractivity contribution in [3.8, 4) is 0 Å². The standard InChI is InChI=1S/C23H25N5O4/c29-22(25-13-12-24-17-7-9-18(10-8-17)28(31)32)16-6-11-19-20(15-16)26-21-5-3-1-2-4-14-27(21)23(19)30/h6-11,15,24H,1-5,12-14H2,(H,25,29). The monoisotopic (exact) mass is 435 g/mol. The predicted octanol–water partition coefficient (Wildman–Crippen LogP) is 3.26. The molecule has 2 N–H and O–H groups in total. The summed E-state index contributed by atoms with van der Waals surface area (Å²) in [4.78, 5) is 40.4. The third-order valence-electron chi connectivity index (χ3n) is 5.65. The SMILES string of the molecule is O=C(NCCNc1ccc([N+](=O)[O-])cc1)c1ccc2c(=O)n3c(nc2c1)CCCCCC3. The van der Waals surface area contributed by atoms with Gasteiger partial charge >= 0.3 is 0 Å². The van der Waals surface area contributed by atoms with Gasteiger partial charge in [-0.2, -0.15) is 0 Å². The van der Waals surface area contributed by atoms with Crippen LogP contribution in [0.5, 0.6) is 0 Å². The van der Waals surface area contributed by atoms with Gasteiger partial charge in [0.15, 0.2) is 0 Å². The molecule has 1 amide bonds. The maximum absolute atomic E-state index is 12.9. The summed E-state index contributed by atoms with van der Waals surface area (Å²) in [6.45, 7) is 1.53. The smallest absolute Gasteiger partial charge is 0.269 e. The minimum Gasteiger partial charge on any atom is -0.383 e. The Balaban J connectivity index is 1.40. The van der Waals surface area contributed by atoms with E-state index in [0.29, 0.717) is 36.1 Å². The molecule has 1 aliphatic rings. The van der Waals surface area contributed by atoms with E-state index >= 15 is 0 Å². The Kier molecular flexibility index (Phi) is 6.44. The van der Waals surface area contributed by atoms with Crippen LogP contribution in [0.15, 0.2) is 47.3 Å². The van der Waals surface area contributed by atoms with E-state index < -0.39 is 4.92 Å². The lowest BCUT2D eigenvalue weighted by molar-refractivity contribution is -0.384. The Hall–Kier alpha value is -3.75. The molecule has 0 radical (unpaired) electrons. The topological polar surface area (TPSA) is 119 Å². The number of non-ortho nitro benzene ring substituents is 1. The maximum Gasteiger partial charge on any atom is 0.269 e. The first-order valence-corrected chi connectivity index (χ1v) is 10.8. The molecule has 0 saturated carbocycles. The summed E-state index contributed by atoms with van der Waals surface area (Å²) in [5, 5.41) is 17.2. The second kappa shape index (κ2) is 9.59. The third kappa shape index (κ3) is 4.77. The van der Waals surface area contributed by atoms with Gasteiger partial charge in [0.1, 0.15) is 5.82 Å². The third-order valence-corrected chi connectivity index (χ3v) is 5.65. The molecule has 1 aromatic heterocycles. The van der Waals surface area contributed by atoms with Gasteiger partial charge in [-0.1, -0.05) is 12.8 Å². The first-order valence-electron chi connectivity index (χ1n) is 10.8. The molecular weight excluding hydrogens is 410 g/mol. The van der Waals surface area contributed by atoms with Crippen molar-refractivity contribution in [2.75, 3.05) is 18.4 Å². The molecule has 0 atom stereocenters. The van der Waals surface area contributed by atoms with Crippen molar-refractivity contribution in [1.82, 2.24) is 14.9 Å². The van der Waals surface area contributed by atoms with Crippen molar-refractivity contribution in [3.63, 3.8) is 0 Å². The molecule has 0 unspecified atom stereocenters. The minimum absolute atomic E-state index is 0.0286. The Labute approximate surface area is 184 Å². The number of carbonyl (C=O) groups is 1. The number of benzene rings is 2. The van der Waals surface area contributed by atoms with Crippen LogP contribution in [0, 0.1) is 10.1 Å². The van der Waals surface area contributed by atoms with Crippen LogP contribution in [0.2, 0.25) is 0 Å². The van der Waals surface area contributed by atoms with Crippen molar-refractivity contribution in [3.05, 3.63) is 74.3 Å². The zero-order chi connectivity index (χ0) is 22.5. The average Bonchev–Trinajstić information content (AvgIpc) is 2.78. The fourth-order valence-electron chi connectivity index (χ4n) is 3.92. The van der Waals surface area contributed by atoms with Crippen LogP contribution in [0.1, 0.15) is 41.9 Å². The number of rotatable bonds is 6. The van der Waals surface area contributed by atoms with Crippen molar-refractivity contribution < 1.29 is 9.72 Å². The van der Waals surface area contributed by atoms with Gasteiger partial charge in [-0.25, -0.2) is 4.98 Å². The summed E-state index contributed by atoms with van der Waals surface area (Å²) in [7, 11) is 0. The number of amides is 1. The van der Waals surface area contributed by atoms with Gasteiger partial charge in [0.05, 0.1) is 15.8 Å². The Morgan fingerprint density at radius 3 is 2.62 bits per heavy atom. The Morgan fingerprint density at radius 2 is 1.84 bits per heavy atom. The van der Waals surface area contributed by atoms with E-state index in [9.17, 15) is 19.7 Å². The molecular formula is C23H25N5O4. The number of hydrogen-bond donors (Lipinski definition) is 2.